The number of alkyl halides is 3. The van der Waals surface area contributed by atoms with E-state index in [0.717, 1.165) is 49.9 Å². The Morgan fingerprint density at radius 3 is 2.64 bits per heavy atom. The molecular weight excluding hydrogens is 371 g/mol. The standard InChI is InChI=1S/C19H18F3N5O/c20-19(21,22)12-3-1-4-13(9-12)27-15(11-5-6-11)14(10-24-27)16-25-17(26-28-16)18(23)7-2-8-18/h1,3-4,9-11H,2,5-8,23H2. The quantitative estimate of drug-likeness (QED) is 0.725. The first-order valence-electron chi connectivity index (χ1n) is 9.24. The molecule has 0 saturated heterocycles. The Kier molecular flexibility index (Phi) is 3.67. The van der Waals surface area contributed by atoms with Crippen LogP contribution in [-0.4, -0.2) is 19.9 Å². The normalized spacial score (nSPS) is 18.9. The van der Waals surface area contributed by atoms with Gasteiger partial charge >= 0.3 is 6.18 Å². The van der Waals surface area contributed by atoms with E-state index in [4.69, 9.17) is 10.3 Å². The fraction of sp³-hybridized carbons (Fsp3) is 0.421. The molecule has 2 fully saturated rings. The predicted molar refractivity (Wildman–Crippen MR) is 93.5 cm³/mol. The first-order chi connectivity index (χ1) is 13.4. The highest BCUT2D eigenvalue weighted by Gasteiger charge is 2.40. The van der Waals surface area contributed by atoms with Crippen molar-refractivity contribution in [2.45, 2.75) is 49.7 Å². The van der Waals surface area contributed by atoms with Gasteiger partial charge in [-0.05, 0) is 50.3 Å². The number of aromatic nitrogens is 4. The maximum atomic E-state index is 13.1. The van der Waals surface area contributed by atoms with Gasteiger partial charge < -0.3 is 10.3 Å². The summed E-state index contributed by atoms with van der Waals surface area (Å²) in [5.41, 5.74) is 6.83. The fourth-order valence-corrected chi connectivity index (χ4v) is 3.61. The molecule has 0 radical (unpaired) electrons. The van der Waals surface area contributed by atoms with Crippen LogP contribution in [0.2, 0.25) is 0 Å². The second-order valence-corrected chi connectivity index (χ2v) is 7.61. The van der Waals surface area contributed by atoms with Crippen LogP contribution in [0.3, 0.4) is 0 Å². The van der Waals surface area contributed by atoms with E-state index < -0.39 is 17.3 Å². The van der Waals surface area contributed by atoms with Crippen molar-refractivity contribution in [3.63, 3.8) is 0 Å². The lowest BCUT2D eigenvalue weighted by atomic mass is 9.77. The summed E-state index contributed by atoms with van der Waals surface area (Å²) in [6.45, 7) is 0. The molecule has 2 aliphatic carbocycles. The minimum absolute atomic E-state index is 0.206. The monoisotopic (exact) mass is 389 g/mol. The Morgan fingerprint density at radius 2 is 2.00 bits per heavy atom. The summed E-state index contributed by atoms with van der Waals surface area (Å²) in [7, 11) is 0. The summed E-state index contributed by atoms with van der Waals surface area (Å²) in [4.78, 5) is 4.47. The summed E-state index contributed by atoms with van der Waals surface area (Å²) >= 11 is 0. The van der Waals surface area contributed by atoms with Gasteiger partial charge in [-0.15, -0.1) is 0 Å². The van der Waals surface area contributed by atoms with Gasteiger partial charge in [-0.1, -0.05) is 11.2 Å². The third-order valence-corrected chi connectivity index (χ3v) is 5.54. The van der Waals surface area contributed by atoms with E-state index >= 15 is 0 Å². The SMILES string of the molecule is NC1(c2noc(-c3cnn(-c4cccc(C(F)(F)F)c4)c3C3CC3)n2)CCC1. The van der Waals surface area contributed by atoms with Crippen LogP contribution in [0.15, 0.2) is 35.0 Å². The van der Waals surface area contributed by atoms with E-state index in [9.17, 15) is 13.2 Å². The van der Waals surface area contributed by atoms with E-state index in [1.807, 2.05) is 0 Å². The zero-order chi connectivity index (χ0) is 19.5. The molecule has 2 aliphatic rings. The zero-order valence-electron chi connectivity index (χ0n) is 14.9. The molecule has 2 heterocycles. The number of benzene rings is 1. The van der Waals surface area contributed by atoms with Crippen molar-refractivity contribution >= 4 is 0 Å². The molecule has 0 atom stereocenters. The van der Waals surface area contributed by atoms with E-state index in [0.29, 0.717) is 23.0 Å². The van der Waals surface area contributed by atoms with Gasteiger partial charge in [-0.2, -0.15) is 23.3 Å². The molecule has 9 heteroatoms. The number of rotatable bonds is 4. The number of nitrogens with zero attached hydrogens (tertiary/aromatic N) is 4. The minimum Gasteiger partial charge on any atom is -0.334 e. The largest absolute Gasteiger partial charge is 0.416 e. The van der Waals surface area contributed by atoms with Crippen LogP contribution >= 0.6 is 0 Å². The summed E-state index contributed by atoms with van der Waals surface area (Å²) < 4.78 is 46.3. The number of halogens is 3. The molecule has 1 aromatic carbocycles. The highest BCUT2D eigenvalue weighted by atomic mass is 19.4. The molecule has 2 aromatic heterocycles. The van der Waals surface area contributed by atoms with Crippen molar-refractivity contribution in [1.82, 2.24) is 19.9 Å². The topological polar surface area (TPSA) is 82.8 Å². The molecule has 0 aliphatic heterocycles. The van der Waals surface area contributed by atoms with Gasteiger partial charge in [-0.25, -0.2) is 4.68 Å². The van der Waals surface area contributed by atoms with Crippen molar-refractivity contribution in [3.8, 4) is 17.1 Å². The molecular formula is C19H18F3N5O. The molecule has 0 spiro atoms. The highest BCUT2D eigenvalue weighted by Crippen LogP contribution is 2.46. The Morgan fingerprint density at radius 1 is 1.21 bits per heavy atom. The van der Waals surface area contributed by atoms with Gasteiger partial charge in [0.2, 0.25) is 0 Å². The first kappa shape index (κ1) is 17.4. The van der Waals surface area contributed by atoms with Gasteiger partial charge in [0.1, 0.15) is 0 Å². The van der Waals surface area contributed by atoms with Crippen molar-refractivity contribution in [2.75, 3.05) is 0 Å². The molecule has 2 N–H and O–H groups in total. The van der Waals surface area contributed by atoms with Crippen molar-refractivity contribution in [2.24, 2.45) is 5.73 Å². The van der Waals surface area contributed by atoms with E-state index in [-0.39, 0.29) is 5.92 Å². The molecule has 5 rings (SSSR count). The van der Waals surface area contributed by atoms with Crippen LogP contribution in [0.5, 0.6) is 0 Å². The highest BCUT2D eigenvalue weighted by molar-refractivity contribution is 5.59. The van der Waals surface area contributed by atoms with Crippen LogP contribution < -0.4 is 5.73 Å². The third kappa shape index (κ3) is 2.81. The summed E-state index contributed by atoms with van der Waals surface area (Å²) in [5, 5.41) is 8.38. The van der Waals surface area contributed by atoms with Crippen LogP contribution in [0, 0.1) is 0 Å². The minimum atomic E-state index is -4.41. The zero-order valence-corrected chi connectivity index (χ0v) is 14.9. The lowest BCUT2D eigenvalue weighted by Gasteiger charge is -2.34. The summed E-state index contributed by atoms with van der Waals surface area (Å²) in [5.74, 6) is 0.993. The molecule has 0 unspecified atom stereocenters. The van der Waals surface area contributed by atoms with Crippen molar-refractivity contribution in [1.29, 1.82) is 0 Å². The number of hydrogen-bond acceptors (Lipinski definition) is 5. The Bertz CT molecular complexity index is 1030. The van der Waals surface area contributed by atoms with Crippen molar-refractivity contribution < 1.29 is 17.7 Å². The molecule has 146 valence electrons. The van der Waals surface area contributed by atoms with Crippen LogP contribution in [0.4, 0.5) is 13.2 Å². The summed E-state index contributed by atoms with van der Waals surface area (Å²) in [6.07, 6.45) is 1.70. The fourth-order valence-electron chi connectivity index (χ4n) is 3.61. The van der Waals surface area contributed by atoms with Gasteiger partial charge in [0.25, 0.3) is 5.89 Å². The Balaban J connectivity index is 1.57. The van der Waals surface area contributed by atoms with E-state index in [1.165, 1.54) is 6.07 Å². The third-order valence-electron chi connectivity index (χ3n) is 5.54. The molecule has 6 nitrogen and oxygen atoms in total. The van der Waals surface area contributed by atoms with Gasteiger partial charge in [0.05, 0.1) is 34.2 Å². The Hall–Kier alpha value is -2.68. The maximum Gasteiger partial charge on any atom is 0.416 e. The van der Waals surface area contributed by atoms with Crippen molar-refractivity contribution in [3.05, 3.63) is 47.5 Å². The average molecular weight is 389 g/mol. The van der Waals surface area contributed by atoms with E-state index in [1.54, 1.807) is 16.9 Å². The number of hydrogen-bond donors (Lipinski definition) is 1. The molecule has 2 saturated carbocycles. The lowest BCUT2D eigenvalue weighted by molar-refractivity contribution is -0.137. The Labute approximate surface area is 158 Å². The maximum absolute atomic E-state index is 13.1. The van der Waals surface area contributed by atoms with Gasteiger partial charge in [0, 0.05) is 5.92 Å². The lowest BCUT2D eigenvalue weighted by Crippen LogP contribution is -2.44. The van der Waals surface area contributed by atoms with Crippen LogP contribution in [-0.2, 0) is 11.7 Å². The van der Waals surface area contributed by atoms with Crippen LogP contribution in [0.25, 0.3) is 17.1 Å². The molecule has 3 aromatic rings. The van der Waals surface area contributed by atoms with E-state index in [2.05, 4.69) is 15.2 Å². The number of nitrogens with two attached hydrogens (primary N) is 1. The first-order valence-corrected chi connectivity index (χ1v) is 9.24. The predicted octanol–water partition coefficient (Wildman–Crippen LogP) is 4.16. The molecule has 0 bridgehead atoms. The molecule has 0 amide bonds. The molecule has 28 heavy (non-hydrogen) atoms. The van der Waals surface area contributed by atoms with Gasteiger partial charge in [-0.3, -0.25) is 0 Å². The van der Waals surface area contributed by atoms with Crippen LogP contribution in [0.1, 0.15) is 55.1 Å². The smallest absolute Gasteiger partial charge is 0.334 e. The average Bonchev–Trinajstić information content (AvgIpc) is 3.18. The second-order valence-electron chi connectivity index (χ2n) is 7.61. The van der Waals surface area contributed by atoms with Gasteiger partial charge in [0.15, 0.2) is 5.82 Å². The summed E-state index contributed by atoms with van der Waals surface area (Å²) in [6, 6.07) is 5.15. The second kappa shape index (κ2) is 5.91.